The fourth-order valence-corrected chi connectivity index (χ4v) is 3.66. The third-order valence-electron chi connectivity index (χ3n) is 3.58. The van der Waals surface area contributed by atoms with Gasteiger partial charge in [0.15, 0.2) is 5.13 Å². The van der Waals surface area contributed by atoms with Gasteiger partial charge in [0.05, 0.1) is 18.9 Å². The minimum absolute atomic E-state index is 0.195. The number of benzene rings is 1. The van der Waals surface area contributed by atoms with E-state index in [-0.39, 0.29) is 5.91 Å². The zero-order chi connectivity index (χ0) is 16.2. The molecule has 3 rings (SSSR count). The summed E-state index contributed by atoms with van der Waals surface area (Å²) in [6.45, 7) is 4.89. The molecule has 1 N–H and O–H groups in total. The number of ether oxygens (including phenoxy) is 2. The SMILES string of the molecule is CCOc1cc(OCC)cc(C(=O)Nc2nc3c(s2)CCC3)c1. The van der Waals surface area contributed by atoms with Crippen LogP contribution in [0.4, 0.5) is 5.13 Å². The Morgan fingerprint density at radius 3 is 2.48 bits per heavy atom. The average molecular weight is 332 g/mol. The number of amides is 1. The topological polar surface area (TPSA) is 60.5 Å². The zero-order valence-electron chi connectivity index (χ0n) is 13.3. The lowest BCUT2D eigenvalue weighted by molar-refractivity contribution is 0.102. The summed E-state index contributed by atoms with van der Waals surface area (Å²) in [6, 6.07) is 5.24. The normalized spacial score (nSPS) is 12.8. The van der Waals surface area contributed by atoms with Crippen LogP contribution in [0.2, 0.25) is 0 Å². The van der Waals surface area contributed by atoms with Crippen molar-refractivity contribution in [1.29, 1.82) is 0 Å². The Hall–Kier alpha value is -2.08. The highest BCUT2D eigenvalue weighted by atomic mass is 32.1. The minimum atomic E-state index is -0.195. The van der Waals surface area contributed by atoms with E-state index in [0.29, 0.717) is 35.4 Å². The summed E-state index contributed by atoms with van der Waals surface area (Å²) in [7, 11) is 0. The number of nitrogens with one attached hydrogen (secondary N) is 1. The lowest BCUT2D eigenvalue weighted by Gasteiger charge is -2.10. The maximum absolute atomic E-state index is 12.5. The van der Waals surface area contributed by atoms with E-state index in [1.807, 2.05) is 13.8 Å². The molecule has 1 aromatic carbocycles. The second kappa shape index (κ2) is 7.00. The Morgan fingerprint density at radius 2 is 1.87 bits per heavy atom. The van der Waals surface area contributed by atoms with Crippen LogP contribution < -0.4 is 14.8 Å². The molecule has 2 aromatic rings. The summed E-state index contributed by atoms with van der Waals surface area (Å²) in [5.41, 5.74) is 1.64. The van der Waals surface area contributed by atoms with E-state index in [1.54, 1.807) is 29.5 Å². The molecule has 122 valence electrons. The number of fused-ring (bicyclic) bond motifs is 1. The van der Waals surface area contributed by atoms with Crippen molar-refractivity contribution < 1.29 is 14.3 Å². The molecular weight excluding hydrogens is 312 g/mol. The van der Waals surface area contributed by atoms with Gasteiger partial charge in [0.2, 0.25) is 0 Å². The molecule has 0 spiro atoms. The molecule has 0 saturated carbocycles. The van der Waals surface area contributed by atoms with Gasteiger partial charge < -0.3 is 9.47 Å². The Balaban J connectivity index is 1.79. The summed E-state index contributed by atoms with van der Waals surface area (Å²) in [5.74, 6) is 1.07. The standard InChI is InChI=1S/C17H20N2O3S/c1-3-21-12-8-11(9-13(10-12)22-4-2)16(20)19-17-18-14-6-5-7-15(14)23-17/h8-10H,3-7H2,1-2H3,(H,18,19,20). The molecule has 0 atom stereocenters. The first-order chi connectivity index (χ1) is 11.2. The van der Waals surface area contributed by atoms with Gasteiger partial charge in [-0.05, 0) is 45.2 Å². The smallest absolute Gasteiger partial charge is 0.257 e. The van der Waals surface area contributed by atoms with Gasteiger partial charge in [-0.2, -0.15) is 0 Å². The van der Waals surface area contributed by atoms with Crippen molar-refractivity contribution in [3.8, 4) is 11.5 Å². The number of hydrogen-bond donors (Lipinski definition) is 1. The maximum atomic E-state index is 12.5. The van der Waals surface area contributed by atoms with Crippen molar-refractivity contribution in [2.75, 3.05) is 18.5 Å². The fraction of sp³-hybridized carbons (Fsp3) is 0.412. The number of hydrogen-bond acceptors (Lipinski definition) is 5. The van der Waals surface area contributed by atoms with Gasteiger partial charge in [-0.15, -0.1) is 11.3 Å². The molecule has 1 amide bonds. The molecule has 6 heteroatoms. The second-order valence-corrected chi connectivity index (χ2v) is 6.34. The Morgan fingerprint density at radius 1 is 1.17 bits per heavy atom. The third-order valence-corrected chi connectivity index (χ3v) is 4.65. The van der Waals surface area contributed by atoms with Crippen LogP contribution in [0.15, 0.2) is 18.2 Å². The van der Waals surface area contributed by atoms with Gasteiger partial charge >= 0.3 is 0 Å². The summed E-state index contributed by atoms with van der Waals surface area (Å²) in [6.07, 6.45) is 3.24. The van der Waals surface area contributed by atoms with Crippen LogP contribution in [0.1, 0.15) is 41.2 Å². The van der Waals surface area contributed by atoms with Gasteiger partial charge in [-0.25, -0.2) is 4.98 Å². The molecule has 0 saturated heterocycles. The van der Waals surface area contributed by atoms with E-state index in [9.17, 15) is 4.79 Å². The first-order valence-corrected chi connectivity index (χ1v) is 8.72. The van der Waals surface area contributed by atoms with Gasteiger partial charge in [0.1, 0.15) is 11.5 Å². The molecule has 1 aliphatic carbocycles. The van der Waals surface area contributed by atoms with Gasteiger partial charge in [0.25, 0.3) is 5.91 Å². The van der Waals surface area contributed by atoms with Crippen molar-refractivity contribution in [3.05, 3.63) is 34.3 Å². The zero-order valence-corrected chi connectivity index (χ0v) is 14.2. The van der Waals surface area contributed by atoms with Crippen molar-refractivity contribution in [1.82, 2.24) is 4.98 Å². The number of carbonyl (C=O) groups is 1. The van der Waals surface area contributed by atoms with Gasteiger partial charge in [-0.1, -0.05) is 0 Å². The first-order valence-electron chi connectivity index (χ1n) is 7.90. The van der Waals surface area contributed by atoms with Gasteiger partial charge in [0, 0.05) is 16.5 Å². The number of thiazole rings is 1. The summed E-state index contributed by atoms with van der Waals surface area (Å²) in [5, 5.41) is 3.55. The van der Waals surface area contributed by atoms with Gasteiger partial charge in [-0.3, -0.25) is 10.1 Å². The van der Waals surface area contributed by atoms with Crippen LogP contribution >= 0.6 is 11.3 Å². The summed E-state index contributed by atoms with van der Waals surface area (Å²) >= 11 is 1.57. The molecule has 23 heavy (non-hydrogen) atoms. The number of aromatic nitrogens is 1. The summed E-state index contributed by atoms with van der Waals surface area (Å²) < 4.78 is 11.0. The molecule has 0 aliphatic heterocycles. The highest BCUT2D eigenvalue weighted by Gasteiger charge is 2.18. The first kappa shape index (κ1) is 15.8. The number of anilines is 1. The van der Waals surface area contributed by atoms with Crippen LogP contribution in [-0.4, -0.2) is 24.1 Å². The lowest BCUT2D eigenvalue weighted by Crippen LogP contribution is -2.12. The highest BCUT2D eigenvalue weighted by Crippen LogP contribution is 2.31. The fourth-order valence-electron chi connectivity index (χ4n) is 2.62. The van der Waals surface area contributed by atoms with Crippen LogP contribution in [0.5, 0.6) is 11.5 Å². The van der Waals surface area contributed by atoms with E-state index >= 15 is 0 Å². The highest BCUT2D eigenvalue weighted by molar-refractivity contribution is 7.16. The van der Waals surface area contributed by atoms with Crippen molar-refractivity contribution in [2.24, 2.45) is 0 Å². The Labute approximate surface area is 139 Å². The van der Waals surface area contributed by atoms with Crippen LogP contribution in [0.3, 0.4) is 0 Å². The number of aryl methyl sites for hydroxylation is 2. The van der Waals surface area contributed by atoms with E-state index in [1.165, 1.54) is 4.88 Å². The van der Waals surface area contributed by atoms with E-state index in [2.05, 4.69) is 10.3 Å². The molecule has 1 aliphatic rings. The molecule has 0 radical (unpaired) electrons. The minimum Gasteiger partial charge on any atom is -0.494 e. The van der Waals surface area contributed by atoms with Crippen molar-refractivity contribution >= 4 is 22.4 Å². The molecule has 5 nitrogen and oxygen atoms in total. The Bertz CT molecular complexity index is 666. The molecule has 1 heterocycles. The monoisotopic (exact) mass is 332 g/mol. The van der Waals surface area contributed by atoms with E-state index < -0.39 is 0 Å². The third kappa shape index (κ3) is 3.64. The molecule has 0 bridgehead atoms. The molecule has 0 fully saturated rings. The van der Waals surface area contributed by atoms with Crippen molar-refractivity contribution in [2.45, 2.75) is 33.1 Å². The predicted octanol–water partition coefficient (Wildman–Crippen LogP) is 3.68. The maximum Gasteiger partial charge on any atom is 0.257 e. The average Bonchev–Trinajstić information content (AvgIpc) is 3.09. The Kier molecular flexibility index (Phi) is 4.81. The number of nitrogens with zero attached hydrogens (tertiary/aromatic N) is 1. The van der Waals surface area contributed by atoms with E-state index in [4.69, 9.17) is 9.47 Å². The molecular formula is C17H20N2O3S. The second-order valence-electron chi connectivity index (χ2n) is 5.26. The number of rotatable bonds is 6. The quantitative estimate of drug-likeness (QED) is 0.876. The van der Waals surface area contributed by atoms with Crippen LogP contribution in [0, 0.1) is 0 Å². The lowest BCUT2D eigenvalue weighted by atomic mass is 10.2. The number of carbonyl (C=O) groups excluding carboxylic acids is 1. The van der Waals surface area contributed by atoms with E-state index in [0.717, 1.165) is 25.0 Å². The molecule has 1 aromatic heterocycles. The molecule has 0 unspecified atom stereocenters. The van der Waals surface area contributed by atoms with Crippen LogP contribution in [-0.2, 0) is 12.8 Å². The largest absolute Gasteiger partial charge is 0.494 e. The summed E-state index contributed by atoms with van der Waals surface area (Å²) in [4.78, 5) is 18.3. The van der Waals surface area contributed by atoms with Crippen molar-refractivity contribution in [3.63, 3.8) is 0 Å². The van der Waals surface area contributed by atoms with Crippen LogP contribution in [0.25, 0.3) is 0 Å². The predicted molar refractivity (Wildman–Crippen MR) is 90.9 cm³/mol.